The van der Waals surface area contributed by atoms with Crippen LogP contribution in [0.1, 0.15) is 28.8 Å². The highest BCUT2D eigenvalue weighted by atomic mass is 16.5. The maximum Gasteiger partial charge on any atom is 0.379 e. The molecule has 0 N–H and O–H groups in total. The molecular formula is C14H17NO3. The predicted octanol–water partition coefficient (Wildman–Crippen LogP) is 1.46. The van der Waals surface area contributed by atoms with Crippen molar-refractivity contribution < 1.29 is 14.3 Å². The highest BCUT2D eigenvalue weighted by molar-refractivity contribution is 6.40. The van der Waals surface area contributed by atoms with Crippen LogP contribution in [0, 0.1) is 0 Å². The van der Waals surface area contributed by atoms with Gasteiger partial charge in [-0.1, -0.05) is 18.2 Å². The SMILES string of the molecule is CCOC(=O)C(=O)c1cccc(C2CN(C)C2)c1. The fourth-order valence-electron chi connectivity index (χ4n) is 2.16. The average molecular weight is 247 g/mol. The Bertz CT molecular complexity index is 464. The van der Waals surface area contributed by atoms with Crippen LogP contribution in [0.5, 0.6) is 0 Å². The smallest absolute Gasteiger partial charge is 0.379 e. The zero-order valence-corrected chi connectivity index (χ0v) is 10.7. The molecule has 1 aliphatic heterocycles. The number of Topliss-reactive ketones (excluding diaryl/α,β-unsaturated/α-hetero) is 1. The van der Waals surface area contributed by atoms with E-state index in [-0.39, 0.29) is 6.61 Å². The Labute approximate surface area is 107 Å². The summed E-state index contributed by atoms with van der Waals surface area (Å²) in [6.45, 7) is 3.90. The van der Waals surface area contributed by atoms with E-state index in [0.29, 0.717) is 11.5 Å². The van der Waals surface area contributed by atoms with Gasteiger partial charge in [-0.05, 0) is 25.6 Å². The summed E-state index contributed by atoms with van der Waals surface area (Å²) in [5.41, 5.74) is 1.53. The van der Waals surface area contributed by atoms with Crippen LogP contribution in [0.2, 0.25) is 0 Å². The van der Waals surface area contributed by atoms with Crippen molar-refractivity contribution in [2.45, 2.75) is 12.8 Å². The standard InChI is InChI=1S/C14H17NO3/c1-3-18-14(17)13(16)11-6-4-5-10(7-11)12-8-15(2)9-12/h4-7,12H,3,8-9H2,1-2H3. The maximum absolute atomic E-state index is 11.8. The Hall–Kier alpha value is -1.68. The number of carbonyl (C=O) groups is 2. The van der Waals surface area contributed by atoms with Gasteiger partial charge < -0.3 is 9.64 Å². The maximum atomic E-state index is 11.8. The van der Waals surface area contributed by atoms with Crippen molar-refractivity contribution in [3.63, 3.8) is 0 Å². The fourth-order valence-corrected chi connectivity index (χ4v) is 2.16. The molecule has 1 saturated heterocycles. The van der Waals surface area contributed by atoms with E-state index in [1.165, 1.54) is 0 Å². The van der Waals surface area contributed by atoms with Crippen molar-refractivity contribution >= 4 is 11.8 Å². The topological polar surface area (TPSA) is 46.6 Å². The second kappa shape index (κ2) is 5.31. The van der Waals surface area contributed by atoms with Crippen LogP contribution in [-0.4, -0.2) is 43.4 Å². The number of hydrogen-bond donors (Lipinski definition) is 0. The average Bonchev–Trinajstić information content (AvgIpc) is 2.34. The van der Waals surface area contributed by atoms with Gasteiger partial charge in [-0.15, -0.1) is 0 Å². The Kier molecular flexibility index (Phi) is 3.77. The van der Waals surface area contributed by atoms with Crippen LogP contribution < -0.4 is 0 Å². The molecule has 1 aromatic rings. The Balaban J connectivity index is 2.12. The first-order chi connectivity index (χ1) is 8.61. The molecule has 1 fully saturated rings. The van der Waals surface area contributed by atoms with E-state index in [1.54, 1.807) is 19.1 Å². The number of ketones is 1. The summed E-state index contributed by atoms with van der Waals surface area (Å²) >= 11 is 0. The van der Waals surface area contributed by atoms with Gasteiger partial charge in [0.15, 0.2) is 0 Å². The lowest BCUT2D eigenvalue weighted by Crippen LogP contribution is -2.41. The third kappa shape index (κ3) is 2.59. The fraction of sp³-hybridized carbons (Fsp3) is 0.429. The number of likely N-dealkylation sites (tertiary alicyclic amines) is 1. The summed E-state index contributed by atoms with van der Waals surface area (Å²) in [5, 5.41) is 0. The molecule has 18 heavy (non-hydrogen) atoms. The summed E-state index contributed by atoms with van der Waals surface area (Å²) in [7, 11) is 2.06. The van der Waals surface area contributed by atoms with Crippen LogP contribution in [0.15, 0.2) is 24.3 Å². The number of rotatable bonds is 4. The third-order valence-corrected chi connectivity index (χ3v) is 3.15. The second-order valence-electron chi connectivity index (χ2n) is 4.59. The van der Waals surface area contributed by atoms with Crippen LogP contribution in [0.3, 0.4) is 0 Å². The van der Waals surface area contributed by atoms with Gasteiger partial charge in [0.2, 0.25) is 0 Å². The molecular weight excluding hydrogens is 230 g/mol. The molecule has 0 saturated carbocycles. The molecule has 0 atom stereocenters. The minimum absolute atomic E-state index is 0.220. The molecule has 2 rings (SSSR count). The van der Waals surface area contributed by atoms with Gasteiger partial charge in [0.25, 0.3) is 5.78 Å². The molecule has 1 aliphatic rings. The van der Waals surface area contributed by atoms with Crippen molar-refractivity contribution in [1.29, 1.82) is 0 Å². The number of ether oxygens (including phenoxy) is 1. The monoisotopic (exact) mass is 247 g/mol. The molecule has 0 radical (unpaired) electrons. The van der Waals surface area contributed by atoms with E-state index in [4.69, 9.17) is 4.74 Å². The summed E-state index contributed by atoms with van der Waals surface area (Å²) in [6.07, 6.45) is 0. The number of benzene rings is 1. The van der Waals surface area contributed by atoms with E-state index in [1.807, 2.05) is 12.1 Å². The Morgan fingerprint density at radius 1 is 1.39 bits per heavy atom. The lowest BCUT2D eigenvalue weighted by molar-refractivity contribution is -0.137. The van der Waals surface area contributed by atoms with Gasteiger partial charge >= 0.3 is 5.97 Å². The van der Waals surface area contributed by atoms with Gasteiger partial charge in [-0.2, -0.15) is 0 Å². The molecule has 1 heterocycles. The lowest BCUT2D eigenvalue weighted by atomic mass is 9.90. The van der Waals surface area contributed by atoms with E-state index in [9.17, 15) is 9.59 Å². The van der Waals surface area contributed by atoms with Crippen molar-refractivity contribution in [3.05, 3.63) is 35.4 Å². The first kappa shape index (κ1) is 12.8. The molecule has 0 unspecified atom stereocenters. The van der Waals surface area contributed by atoms with Crippen LogP contribution in [-0.2, 0) is 9.53 Å². The molecule has 0 amide bonds. The van der Waals surface area contributed by atoms with E-state index >= 15 is 0 Å². The molecule has 4 nitrogen and oxygen atoms in total. The minimum atomic E-state index is -0.777. The molecule has 1 aromatic carbocycles. The first-order valence-electron chi connectivity index (χ1n) is 6.11. The Morgan fingerprint density at radius 3 is 2.72 bits per heavy atom. The van der Waals surface area contributed by atoms with Crippen molar-refractivity contribution in [1.82, 2.24) is 4.90 Å². The summed E-state index contributed by atoms with van der Waals surface area (Å²) in [6, 6.07) is 7.28. The molecule has 0 aromatic heterocycles. The van der Waals surface area contributed by atoms with Gasteiger partial charge in [-0.25, -0.2) is 4.79 Å². The number of likely N-dealkylation sites (N-methyl/N-ethyl adjacent to an activating group) is 1. The first-order valence-corrected chi connectivity index (χ1v) is 6.11. The highest BCUT2D eigenvalue weighted by Gasteiger charge is 2.26. The molecule has 0 aliphatic carbocycles. The van der Waals surface area contributed by atoms with Crippen molar-refractivity contribution in [2.75, 3.05) is 26.7 Å². The van der Waals surface area contributed by atoms with Gasteiger partial charge in [0.1, 0.15) is 0 Å². The van der Waals surface area contributed by atoms with Gasteiger partial charge in [0.05, 0.1) is 6.61 Å². The molecule has 0 spiro atoms. The minimum Gasteiger partial charge on any atom is -0.460 e. The third-order valence-electron chi connectivity index (χ3n) is 3.15. The van der Waals surface area contributed by atoms with E-state index in [2.05, 4.69) is 11.9 Å². The predicted molar refractivity (Wildman–Crippen MR) is 67.6 cm³/mol. The van der Waals surface area contributed by atoms with Crippen LogP contribution in [0.25, 0.3) is 0 Å². The lowest BCUT2D eigenvalue weighted by Gasteiger charge is -2.36. The van der Waals surface area contributed by atoms with Crippen LogP contribution >= 0.6 is 0 Å². The summed E-state index contributed by atoms with van der Waals surface area (Å²) < 4.78 is 4.72. The van der Waals surface area contributed by atoms with Gasteiger partial charge in [0, 0.05) is 24.6 Å². The highest BCUT2D eigenvalue weighted by Crippen LogP contribution is 2.26. The molecule has 96 valence electrons. The Morgan fingerprint density at radius 2 is 2.11 bits per heavy atom. The number of hydrogen-bond acceptors (Lipinski definition) is 4. The van der Waals surface area contributed by atoms with Crippen molar-refractivity contribution in [2.24, 2.45) is 0 Å². The summed E-state index contributed by atoms with van der Waals surface area (Å²) in [5.74, 6) is -0.878. The van der Waals surface area contributed by atoms with Crippen molar-refractivity contribution in [3.8, 4) is 0 Å². The largest absolute Gasteiger partial charge is 0.460 e. The zero-order chi connectivity index (χ0) is 13.1. The van der Waals surface area contributed by atoms with Gasteiger partial charge in [-0.3, -0.25) is 4.79 Å². The van der Waals surface area contributed by atoms with Crippen LogP contribution in [0.4, 0.5) is 0 Å². The number of nitrogens with zero attached hydrogens (tertiary/aromatic N) is 1. The number of carbonyl (C=O) groups excluding carboxylic acids is 2. The second-order valence-corrected chi connectivity index (χ2v) is 4.59. The number of esters is 1. The normalized spacial score (nSPS) is 16.1. The zero-order valence-electron chi connectivity index (χ0n) is 10.7. The van der Waals surface area contributed by atoms with E-state index < -0.39 is 11.8 Å². The quantitative estimate of drug-likeness (QED) is 0.459. The summed E-state index contributed by atoms with van der Waals surface area (Å²) in [4.78, 5) is 25.4. The van der Waals surface area contributed by atoms with E-state index in [0.717, 1.165) is 18.7 Å². The molecule has 0 bridgehead atoms. The molecule has 4 heteroatoms.